The highest BCUT2D eigenvalue weighted by atomic mass is 16.6. The first-order valence-corrected chi connectivity index (χ1v) is 15.3. The topological polar surface area (TPSA) is 154 Å². The number of carbonyl (C=O) groups excluding carboxylic acids is 4. The van der Waals surface area contributed by atoms with E-state index in [0.717, 1.165) is 22.9 Å². The summed E-state index contributed by atoms with van der Waals surface area (Å²) < 4.78 is 5.43. The van der Waals surface area contributed by atoms with Crippen molar-refractivity contribution >= 4 is 40.2 Å². The molecule has 3 unspecified atom stereocenters. The van der Waals surface area contributed by atoms with Crippen LogP contribution in [0.15, 0.2) is 54.4 Å². The Labute approximate surface area is 259 Å². The summed E-state index contributed by atoms with van der Waals surface area (Å²) in [5, 5.41) is 18.5. The lowest BCUT2D eigenvalue weighted by Crippen LogP contribution is -2.60. The Balaban J connectivity index is 1.97. The Morgan fingerprint density at radius 3 is 2.39 bits per heavy atom. The molecule has 240 valence electrons. The number of nitrogens with one attached hydrogen (secondary N) is 2. The smallest absolute Gasteiger partial charge is 0.359 e. The second-order valence-electron chi connectivity index (χ2n) is 12.0. The molecule has 11 nitrogen and oxygen atoms in total. The van der Waals surface area contributed by atoms with Crippen molar-refractivity contribution in [2.24, 2.45) is 11.7 Å². The van der Waals surface area contributed by atoms with Crippen LogP contribution in [0.25, 0.3) is 10.8 Å². The van der Waals surface area contributed by atoms with E-state index in [4.69, 9.17) is 10.5 Å². The number of aliphatic hydroxyl groups is 1. The van der Waals surface area contributed by atoms with Crippen molar-refractivity contribution in [3.8, 4) is 0 Å². The fraction of sp³-hybridized carbons (Fsp3) is 0.515. The predicted molar refractivity (Wildman–Crippen MR) is 170 cm³/mol. The Hall–Kier alpha value is -3.96. The molecule has 0 spiro atoms. The van der Waals surface area contributed by atoms with E-state index >= 15 is 0 Å². The minimum atomic E-state index is -2.29. The van der Waals surface area contributed by atoms with E-state index < -0.39 is 41.7 Å². The molecule has 1 aliphatic rings. The van der Waals surface area contributed by atoms with Gasteiger partial charge in [0.05, 0.1) is 17.8 Å². The lowest BCUT2D eigenvalue weighted by molar-refractivity contribution is -0.178. The molecule has 0 fully saturated rings. The van der Waals surface area contributed by atoms with Gasteiger partial charge in [-0.1, -0.05) is 63.6 Å². The number of hydrogen-bond acceptors (Lipinski definition) is 8. The first-order chi connectivity index (χ1) is 20.7. The van der Waals surface area contributed by atoms with Gasteiger partial charge >= 0.3 is 5.97 Å². The van der Waals surface area contributed by atoms with Crippen LogP contribution in [0.4, 0.5) is 5.69 Å². The van der Waals surface area contributed by atoms with Crippen LogP contribution in [0.5, 0.6) is 0 Å². The molecule has 1 aliphatic heterocycles. The second-order valence-corrected chi connectivity index (χ2v) is 12.0. The number of esters is 1. The molecule has 2 aromatic carbocycles. The fourth-order valence-electron chi connectivity index (χ4n) is 5.07. The van der Waals surface area contributed by atoms with Crippen molar-refractivity contribution in [3.63, 3.8) is 0 Å². The van der Waals surface area contributed by atoms with Gasteiger partial charge in [-0.2, -0.15) is 0 Å². The third kappa shape index (κ3) is 8.79. The molecular weight excluding hydrogens is 562 g/mol. The number of amides is 3. The van der Waals surface area contributed by atoms with Gasteiger partial charge in [-0.3, -0.25) is 19.3 Å². The predicted octanol–water partition coefficient (Wildman–Crippen LogP) is 3.50. The van der Waals surface area contributed by atoms with E-state index in [0.29, 0.717) is 24.5 Å². The third-order valence-electron chi connectivity index (χ3n) is 7.65. The van der Waals surface area contributed by atoms with Crippen molar-refractivity contribution in [2.45, 2.75) is 97.6 Å². The fourth-order valence-corrected chi connectivity index (χ4v) is 5.07. The Bertz CT molecular complexity index is 1370. The summed E-state index contributed by atoms with van der Waals surface area (Å²) in [5.74, 6) is -2.17. The van der Waals surface area contributed by atoms with Crippen LogP contribution in [0.3, 0.4) is 0 Å². The first kappa shape index (κ1) is 34.5. The van der Waals surface area contributed by atoms with E-state index in [2.05, 4.69) is 10.6 Å². The van der Waals surface area contributed by atoms with Crippen LogP contribution in [0, 0.1) is 5.92 Å². The molecule has 0 radical (unpaired) electrons. The molecule has 1 heterocycles. The number of hydrogen-bond donors (Lipinski definition) is 4. The molecule has 3 amide bonds. The molecule has 44 heavy (non-hydrogen) atoms. The minimum absolute atomic E-state index is 0.0418. The molecule has 5 N–H and O–H groups in total. The Morgan fingerprint density at radius 2 is 1.75 bits per heavy atom. The molecule has 11 heteroatoms. The van der Waals surface area contributed by atoms with Gasteiger partial charge < -0.3 is 31.1 Å². The zero-order valence-electron chi connectivity index (χ0n) is 26.6. The summed E-state index contributed by atoms with van der Waals surface area (Å²) in [6.07, 6.45) is 2.78. The zero-order chi connectivity index (χ0) is 32.6. The number of benzene rings is 2. The van der Waals surface area contributed by atoms with Gasteiger partial charge in [-0.15, -0.1) is 0 Å². The molecule has 0 aliphatic carbocycles. The number of carbonyl (C=O) groups is 4. The molecule has 0 bridgehead atoms. The summed E-state index contributed by atoms with van der Waals surface area (Å²) in [6.45, 7) is 10.6. The van der Waals surface area contributed by atoms with Crippen LogP contribution in [-0.2, 0) is 23.9 Å². The lowest BCUT2D eigenvalue weighted by atomic mass is 9.99. The molecule has 0 saturated heterocycles. The van der Waals surface area contributed by atoms with Crippen molar-refractivity contribution in [1.29, 1.82) is 0 Å². The van der Waals surface area contributed by atoms with Crippen LogP contribution in [0.2, 0.25) is 0 Å². The normalized spacial score (nSPS) is 16.6. The molecular formula is C33H47N5O6. The second kappa shape index (κ2) is 15.2. The van der Waals surface area contributed by atoms with Crippen LogP contribution in [-0.4, -0.2) is 64.3 Å². The third-order valence-corrected chi connectivity index (χ3v) is 7.65. The minimum Gasteiger partial charge on any atom is -0.459 e. The van der Waals surface area contributed by atoms with Gasteiger partial charge in [0, 0.05) is 37.0 Å². The number of ether oxygens (including phenoxy) is 1. The number of rotatable bonds is 14. The van der Waals surface area contributed by atoms with E-state index in [-0.39, 0.29) is 25.4 Å². The summed E-state index contributed by atoms with van der Waals surface area (Å²) in [7, 11) is 0. The standard InChI is InChI=1S/C33H47N5O6/c1-7-22(4)44-32(42)33(43,17-11-12-21(2)3)36-30(40)28(35-24(6)39)18-26-19-37(31(41)23(5)34)20-38(26)29-16-10-14-25-13-8-9-15-27(25)29/h8-10,13-16,19,21-23,28,43H,7,11-12,17-18,20,34H2,1-6H3,(H,35,39)(H,36,40)/t22?,23-,28?,33?/m0/s1. The van der Waals surface area contributed by atoms with Gasteiger partial charge in [0.25, 0.3) is 0 Å². The maximum Gasteiger partial charge on any atom is 0.359 e. The van der Waals surface area contributed by atoms with E-state index in [1.54, 1.807) is 20.0 Å². The lowest BCUT2D eigenvalue weighted by Gasteiger charge is -2.31. The number of nitrogens with two attached hydrogens (primary N) is 1. The monoisotopic (exact) mass is 609 g/mol. The number of nitrogens with zero attached hydrogens (tertiary/aromatic N) is 2. The molecule has 0 aromatic heterocycles. The highest BCUT2D eigenvalue weighted by Crippen LogP contribution is 2.34. The highest BCUT2D eigenvalue weighted by molar-refractivity contribution is 5.96. The summed E-state index contributed by atoms with van der Waals surface area (Å²) in [5.41, 5.74) is 5.00. The molecule has 4 atom stereocenters. The van der Waals surface area contributed by atoms with Crippen LogP contribution >= 0.6 is 0 Å². The Morgan fingerprint density at radius 1 is 1.07 bits per heavy atom. The van der Waals surface area contributed by atoms with E-state index in [1.165, 1.54) is 11.8 Å². The average Bonchev–Trinajstić information content (AvgIpc) is 3.38. The van der Waals surface area contributed by atoms with Crippen LogP contribution < -0.4 is 21.3 Å². The zero-order valence-corrected chi connectivity index (χ0v) is 26.6. The molecule has 2 aromatic rings. The Kier molecular flexibility index (Phi) is 11.9. The molecule has 0 saturated carbocycles. The summed E-state index contributed by atoms with van der Waals surface area (Å²) >= 11 is 0. The van der Waals surface area contributed by atoms with Gasteiger partial charge in [-0.25, -0.2) is 4.79 Å². The number of anilines is 1. The summed E-state index contributed by atoms with van der Waals surface area (Å²) in [6, 6.07) is 11.7. The van der Waals surface area contributed by atoms with Gasteiger partial charge in [0.15, 0.2) is 0 Å². The van der Waals surface area contributed by atoms with Gasteiger partial charge in [0.2, 0.25) is 23.4 Å². The van der Waals surface area contributed by atoms with Crippen LogP contribution in [0.1, 0.15) is 73.6 Å². The number of fused-ring (bicyclic) bond motifs is 1. The highest BCUT2D eigenvalue weighted by Gasteiger charge is 2.42. The summed E-state index contributed by atoms with van der Waals surface area (Å²) in [4.78, 5) is 55.5. The van der Waals surface area contributed by atoms with Crippen molar-refractivity contribution in [1.82, 2.24) is 15.5 Å². The van der Waals surface area contributed by atoms with Crippen molar-refractivity contribution in [2.75, 3.05) is 11.6 Å². The van der Waals surface area contributed by atoms with Crippen molar-refractivity contribution in [3.05, 3.63) is 54.4 Å². The largest absolute Gasteiger partial charge is 0.459 e. The maximum atomic E-state index is 13.8. The van der Waals surface area contributed by atoms with Gasteiger partial charge in [-0.05, 0) is 44.1 Å². The average molecular weight is 610 g/mol. The maximum absolute atomic E-state index is 13.8. The molecule has 3 rings (SSSR count). The quantitative estimate of drug-likeness (QED) is 0.187. The first-order valence-electron chi connectivity index (χ1n) is 15.3. The van der Waals surface area contributed by atoms with E-state index in [1.807, 2.05) is 68.1 Å². The van der Waals surface area contributed by atoms with Crippen molar-refractivity contribution < 1.29 is 29.0 Å². The van der Waals surface area contributed by atoms with E-state index in [9.17, 15) is 24.3 Å². The SMILES string of the molecule is CCC(C)OC(=O)C(O)(CCCC(C)C)NC(=O)C(CC1=CN(C(=O)[C@H](C)N)CN1c1cccc2ccccc12)NC(C)=O. The van der Waals surface area contributed by atoms with Gasteiger partial charge in [0.1, 0.15) is 12.7 Å².